The zero-order chi connectivity index (χ0) is 16.8. The predicted octanol–water partition coefficient (Wildman–Crippen LogP) is 3.15. The van der Waals surface area contributed by atoms with Crippen molar-refractivity contribution in [2.24, 2.45) is 0 Å². The summed E-state index contributed by atoms with van der Waals surface area (Å²) in [5.41, 5.74) is 1.41. The van der Waals surface area contributed by atoms with Gasteiger partial charge in [-0.15, -0.1) is 11.3 Å². The maximum atomic E-state index is 10.5. The molecule has 1 N–H and O–H groups in total. The molecule has 0 fully saturated rings. The molecule has 0 aliphatic heterocycles. The molecule has 0 bridgehead atoms. The summed E-state index contributed by atoms with van der Waals surface area (Å²) >= 11 is 1.52. The maximum absolute atomic E-state index is 10.5. The first kappa shape index (κ1) is 16.1. The average Bonchev–Trinajstić information content (AvgIpc) is 3.17. The summed E-state index contributed by atoms with van der Waals surface area (Å²) in [5, 5.41) is 21.5. The van der Waals surface area contributed by atoms with Crippen LogP contribution < -0.4 is 4.90 Å². The normalized spacial score (nSPS) is 11.7. The lowest BCUT2D eigenvalue weighted by atomic mass is 10.2. The molecular weight excluding hydrogens is 320 g/mol. The van der Waals surface area contributed by atoms with E-state index in [-0.39, 0.29) is 0 Å². The minimum atomic E-state index is -0.616. The third-order valence-electron chi connectivity index (χ3n) is 3.57. The molecule has 0 amide bonds. The quantitative estimate of drug-likeness (QED) is 0.748. The third kappa shape index (κ3) is 3.96. The Hall–Kier alpha value is -2.75. The van der Waals surface area contributed by atoms with E-state index in [1.807, 2.05) is 58.8 Å². The van der Waals surface area contributed by atoms with Gasteiger partial charge in [0.05, 0.1) is 6.54 Å². The van der Waals surface area contributed by atoms with Gasteiger partial charge in [0.1, 0.15) is 30.0 Å². The zero-order valence-electron chi connectivity index (χ0n) is 12.9. The van der Waals surface area contributed by atoms with Crippen molar-refractivity contribution >= 4 is 17.2 Å². The number of rotatable bonds is 6. The molecule has 0 spiro atoms. The minimum Gasteiger partial charge on any atom is -0.386 e. The van der Waals surface area contributed by atoms with Crippen LogP contribution >= 0.6 is 11.3 Å². The number of hydrogen-bond donors (Lipinski definition) is 1. The van der Waals surface area contributed by atoms with Gasteiger partial charge in [0, 0.05) is 17.5 Å². The van der Waals surface area contributed by atoms with Gasteiger partial charge >= 0.3 is 0 Å². The highest BCUT2D eigenvalue weighted by Crippen LogP contribution is 2.23. The largest absolute Gasteiger partial charge is 0.386 e. The molecular formula is C18H16N4OS. The van der Waals surface area contributed by atoms with Gasteiger partial charge in [-0.25, -0.2) is 9.97 Å². The van der Waals surface area contributed by atoms with E-state index in [4.69, 9.17) is 5.26 Å². The second-order valence-electron chi connectivity index (χ2n) is 5.27. The van der Waals surface area contributed by atoms with E-state index in [0.29, 0.717) is 24.6 Å². The Bertz CT molecular complexity index is 815. The lowest BCUT2D eigenvalue weighted by Crippen LogP contribution is -2.29. The Labute approximate surface area is 144 Å². The molecule has 1 atom stereocenters. The summed E-state index contributed by atoms with van der Waals surface area (Å²) in [4.78, 5) is 11.1. The average molecular weight is 336 g/mol. The minimum absolute atomic E-state index is 0.309. The Balaban J connectivity index is 1.86. The molecule has 24 heavy (non-hydrogen) atoms. The summed E-state index contributed by atoms with van der Waals surface area (Å²) < 4.78 is 0. The standard InChI is InChI=1S/C18H16N4OS/c19-10-15-9-18(21-13-20-15)22(11-14-5-2-1-3-6-14)12-16(23)17-7-4-8-24-17/h1-9,13,16,23H,11-12H2/t16-/m1/s1. The van der Waals surface area contributed by atoms with Crippen LogP contribution in [-0.2, 0) is 6.54 Å². The van der Waals surface area contributed by atoms with Crippen molar-refractivity contribution in [2.45, 2.75) is 12.6 Å². The highest BCUT2D eigenvalue weighted by atomic mass is 32.1. The Kier molecular flexibility index (Phi) is 5.16. The summed E-state index contributed by atoms with van der Waals surface area (Å²) in [7, 11) is 0. The van der Waals surface area contributed by atoms with Crippen molar-refractivity contribution in [1.82, 2.24) is 9.97 Å². The zero-order valence-corrected chi connectivity index (χ0v) is 13.7. The van der Waals surface area contributed by atoms with Crippen LogP contribution in [0.3, 0.4) is 0 Å². The lowest BCUT2D eigenvalue weighted by Gasteiger charge is -2.26. The molecule has 3 aromatic rings. The number of aliphatic hydroxyl groups excluding tert-OH is 1. The van der Waals surface area contributed by atoms with Gasteiger partial charge in [-0.2, -0.15) is 5.26 Å². The van der Waals surface area contributed by atoms with Gasteiger partial charge in [0.2, 0.25) is 0 Å². The predicted molar refractivity (Wildman–Crippen MR) is 93.5 cm³/mol. The molecule has 0 unspecified atom stereocenters. The Morgan fingerprint density at radius 1 is 1.17 bits per heavy atom. The van der Waals surface area contributed by atoms with Gasteiger partial charge in [0.15, 0.2) is 0 Å². The van der Waals surface area contributed by atoms with Crippen LogP contribution in [0.15, 0.2) is 60.2 Å². The number of aliphatic hydroxyl groups is 1. The molecule has 2 aromatic heterocycles. The number of nitriles is 1. The molecule has 5 nitrogen and oxygen atoms in total. The molecule has 0 saturated carbocycles. The highest BCUT2D eigenvalue weighted by molar-refractivity contribution is 7.10. The highest BCUT2D eigenvalue weighted by Gasteiger charge is 2.17. The van der Waals surface area contributed by atoms with E-state index in [1.165, 1.54) is 17.7 Å². The number of aromatic nitrogens is 2. The first-order valence-electron chi connectivity index (χ1n) is 7.49. The monoisotopic (exact) mass is 336 g/mol. The topological polar surface area (TPSA) is 73.0 Å². The van der Waals surface area contributed by atoms with Crippen molar-refractivity contribution in [3.63, 3.8) is 0 Å². The fourth-order valence-corrected chi connectivity index (χ4v) is 3.11. The second kappa shape index (κ2) is 7.68. The second-order valence-corrected chi connectivity index (χ2v) is 6.25. The van der Waals surface area contributed by atoms with E-state index in [9.17, 15) is 5.11 Å². The van der Waals surface area contributed by atoms with Gasteiger partial charge in [-0.05, 0) is 17.0 Å². The number of thiophene rings is 1. The summed E-state index contributed by atoms with van der Waals surface area (Å²) in [6, 6.07) is 17.5. The molecule has 0 saturated heterocycles. The van der Waals surface area contributed by atoms with Crippen LogP contribution in [-0.4, -0.2) is 21.6 Å². The summed E-state index contributed by atoms with van der Waals surface area (Å²) in [6.07, 6.45) is 0.762. The van der Waals surface area contributed by atoms with Crippen LogP contribution in [0.1, 0.15) is 22.2 Å². The molecule has 2 heterocycles. The van der Waals surface area contributed by atoms with Gasteiger partial charge in [-0.3, -0.25) is 0 Å². The number of nitrogens with zero attached hydrogens (tertiary/aromatic N) is 4. The van der Waals surface area contributed by atoms with Crippen molar-refractivity contribution in [1.29, 1.82) is 5.26 Å². The van der Waals surface area contributed by atoms with Crippen molar-refractivity contribution < 1.29 is 5.11 Å². The van der Waals surface area contributed by atoms with Crippen molar-refractivity contribution in [3.8, 4) is 6.07 Å². The summed E-state index contributed by atoms with van der Waals surface area (Å²) in [5.74, 6) is 0.626. The van der Waals surface area contributed by atoms with E-state index < -0.39 is 6.10 Å². The maximum Gasteiger partial charge on any atom is 0.145 e. The van der Waals surface area contributed by atoms with Crippen LogP contribution in [0, 0.1) is 11.3 Å². The number of anilines is 1. The lowest BCUT2D eigenvalue weighted by molar-refractivity contribution is 0.186. The van der Waals surface area contributed by atoms with E-state index in [2.05, 4.69) is 9.97 Å². The van der Waals surface area contributed by atoms with Gasteiger partial charge in [0.25, 0.3) is 0 Å². The molecule has 3 rings (SSSR count). The van der Waals surface area contributed by atoms with Gasteiger partial charge < -0.3 is 10.0 Å². The molecule has 0 radical (unpaired) electrons. The van der Waals surface area contributed by atoms with Crippen LogP contribution in [0.5, 0.6) is 0 Å². The number of hydrogen-bond acceptors (Lipinski definition) is 6. The van der Waals surface area contributed by atoms with Gasteiger partial charge in [-0.1, -0.05) is 36.4 Å². The third-order valence-corrected chi connectivity index (χ3v) is 4.55. The fraction of sp³-hybridized carbons (Fsp3) is 0.167. The molecule has 6 heteroatoms. The van der Waals surface area contributed by atoms with Crippen molar-refractivity contribution in [2.75, 3.05) is 11.4 Å². The van der Waals surface area contributed by atoms with E-state index >= 15 is 0 Å². The van der Waals surface area contributed by atoms with Crippen LogP contribution in [0.4, 0.5) is 5.82 Å². The van der Waals surface area contributed by atoms with E-state index in [0.717, 1.165) is 10.4 Å². The Morgan fingerprint density at radius 3 is 2.71 bits per heavy atom. The first-order valence-corrected chi connectivity index (χ1v) is 8.36. The first-order chi connectivity index (χ1) is 11.8. The smallest absolute Gasteiger partial charge is 0.145 e. The molecule has 0 aliphatic rings. The van der Waals surface area contributed by atoms with Crippen molar-refractivity contribution in [3.05, 3.63) is 76.4 Å². The fourth-order valence-electron chi connectivity index (χ4n) is 2.40. The van der Waals surface area contributed by atoms with E-state index in [1.54, 1.807) is 6.07 Å². The van der Waals surface area contributed by atoms with Crippen LogP contribution in [0.25, 0.3) is 0 Å². The Morgan fingerprint density at radius 2 is 2.00 bits per heavy atom. The number of benzene rings is 1. The molecule has 0 aliphatic carbocycles. The molecule has 1 aromatic carbocycles. The SMILES string of the molecule is N#Cc1cc(N(Cc2ccccc2)C[C@@H](O)c2cccs2)ncn1. The van der Waals surface area contributed by atoms with Crippen LogP contribution in [0.2, 0.25) is 0 Å². The molecule has 120 valence electrons. The summed E-state index contributed by atoms with van der Waals surface area (Å²) in [6.45, 7) is 0.975.